The topological polar surface area (TPSA) is 161 Å². The van der Waals surface area contributed by atoms with Crippen LogP contribution >= 0.6 is 0 Å². The van der Waals surface area contributed by atoms with Gasteiger partial charge in [0.25, 0.3) is 17.4 Å². The first-order valence-electron chi connectivity index (χ1n) is 14.6. The molecule has 1 saturated carbocycles. The fraction of sp³-hybridized carbons (Fsp3) is 0.387. The van der Waals surface area contributed by atoms with Gasteiger partial charge in [0.1, 0.15) is 23.4 Å². The van der Waals surface area contributed by atoms with E-state index < -0.39 is 29.3 Å². The summed E-state index contributed by atoms with van der Waals surface area (Å²) in [6, 6.07) is 12.7. The van der Waals surface area contributed by atoms with Crippen LogP contribution in [0.25, 0.3) is 0 Å². The lowest BCUT2D eigenvalue weighted by atomic mass is 10.1. The fourth-order valence-electron chi connectivity index (χ4n) is 5.11. The number of amides is 3. The molecule has 2 fully saturated rings. The van der Waals surface area contributed by atoms with Crippen molar-refractivity contribution < 1.29 is 28.6 Å². The van der Waals surface area contributed by atoms with Crippen LogP contribution in [-0.2, 0) is 22.7 Å². The highest BCUT2D eigenvalue weighted by molar-refractivity contribution is 5.95. The highest BCUT2D eigenvalue weighted by Gasteiger charge is 2.38. The molecule has 1 saturated heterocycles. The average molecular weight is 604 g/mol. The lowest BCUT2D eigenvalue weighted by Crippen LogP contribution is -2.45. The summed E-state index contributed by atoms with van der Waals surface area (Å²) < 4.78 is 19.2. The zero-order chi connectivity index (χ0) is 30.6. The van der Waals surface area contributed by atoms with Gasteiger partial charge in [-0.25, -0.2) is 4.79 Å². The summed E-state index contributed by atoms with van der Waals surface area (Å²) in [6.45, 7) is 1.08. The molecule has 3 aliphatic heterocycles. The number of ether oxygens (including phenoxy) is 3. The molecular weight excluding hydrogens is 570 g/mol. The van der Waals surface area contributed by atoms with E-state index in [9.17, 15) is 24.0 Å². The summed E-state index contributed by atoms with van der Waals surface area (Å²) in [5.74, 6) is 0.867. The Hall–Kier alpha value is -5.07. The second-order valence-electron chi connectivity index (χ2n) is 11.2. The number of aromatic nitrogens is 2. The van der Waals surface area contributed by atoms with E-state index in [0.717, 1.165) is 18.4 Å². The van der Waals surface area contributed by atoms with Gasteiger partial charge >= 0.3 is 5.69 Å². The average Bonchev–Trinajstić information content (AvgIpc) is 3.77. The number of hydrogen-bond acceptors (Lipinski definition) is 8. The van der Waals surface area contributed by atoms with Crippen LogP contribution in [0.1, 0.15) is 35.2 Å². The summed E-state index contributed by atoms with van der Waals surface area (Å²) in [5, 5.41) is 5.84. The maximum atomic E-state index is 13.6. The van der Waals surface area contributed by atoms with E-state index in [0.29, 0.717) is 36.3 Å². The summed E-state index contributed by atoms with van der Waals surface area (Å²) in [5.41, 5.74) is 0.0399. The third kappa shape index (κ3) is 7.28. The van der Waals surface area contributed by atoms with E-state index in [1.54, 1.807) is 35.2 Å². The van der Waals surface area contributed by atoms with Crippen molar-refractivity contribution in [2.75, 3.05) is 26.3 Å². The fourth-order valence-corrected chi connectivity index (χ4v) is 5.11. The zero-order valence-electron chi connectivity index (χ0n) is 24.0. The van der Waals surface area contributed by atoms with Crippen LogP contribution in [0.2, 0.25) is 0 Å². The quantitative estimate of drug-likeness (QED) is 0.373. The van der Waals surface area contributed by atoms with Crippen molar-refractivity contribution >= 4 is 17.7 Å². The molecule has 3 aromatic rings. The van der Waals surface area contributed by atoms with Gasteiger partial charge in [-0.1, -0.05) is 12.1 Å². The van der Waals surface area contributed by atoms with E-state index in [1.165, 1.54) is 16.8 Å². The molecule has 4 heterocycles. The number of likely N-dealkylation sites (tertiary alicyclic amines) is 1. The third-order valence-corrected chi connectivity index (χ3v) is 7.79. The molecule has 3 amide bonds. The predicted octanol–water partition coefficient (Wildman–Crippen LogP) is 0.813. The minimum Gasteiger partial charge on any atom is -0.493 e. The Morgan fingerprint density at radius 3 is 2.57 bits per heavy atom. The lowest BCUT2D eigenvalue weighted by Gasteiger charge is -2.21. The first kappa shape index (κ1) is 29.0. The Bertz CT molecular complexity index is 1660. The molecule has 1 aromatic heterocycles. The van der Waals surface area contributed by atoms with Gasteiger partial charge in [0.2, 0.25) is 5.91 Å². The van der Waals surface area contributed by atoms with Crippen LogP contribution in [0, 0.1) is 5.92 Å². The first-order valence-corrected chi connectivity index (χ1v) is 14.6. The second-order valence-corrected chi connectivity index (χ2v) is 11.2. The number of carbonyl (C=O) groups is 3. The van der Waals surface area contributed by atoms with Crippen LogP contribution in [-0.4, -0.2) is 70.6 Å². The van der Waals surface area contributed by atoms with Gasteiger partial charge < -0.3 is 34.3 Å². The van der Waals surface area contributed by atoms with Gasteiger partial charge in [0, 0.05) is 49.9 Å². The molecule has 3 N–H and O–H groups in total. The number of aryl methyl sites for hydroxylation is 1. The normalized spacial score (nSPS) is 20.0. The molecular formula is C31H33N5O8. The van der Waals surface area contributed by atoms with Crippen molar-refractivity contribution in [3.05, 3.63) is 86.7 Å². The number of benzene rings is 2. The number of fused-ring (bicyclic) bond motifs is 7. The van der Waals surface area contributed by atoms with E-state index in [4.69, 9.17) is 14.2 Å². The van der Waals surface area contributed by atoms with Crippen molar-refractivity contribution in [2.24, 2.45) is 5.92 Å². The maximum Gasteiger partial charge on any atom is 0.328 e. The van der Waals surface area contributed by atoms with Crippen molar-refractivity contribution in [1.82, 2.24) is 25.1 Å². The number of nitrogens with zero attached hydrogens (tertiary/aromatic N) is 2. The van der Waals surface area contributed by atoms with E-state index >= 15 is 0 Å². The molecule has 7 rings (SSSR count). The summed E-state index contributed by atoms with van der Waals surface area (Å²) in [4.78, 5) is 66.4. The molecule has 230 valence electrons. The number of rotatable bonds is 6. The highest BCUT2D eigenvalue weighted by Crippen LogP contribution is 2.31. The summed E-state index contributed by atoms with van der Waals surface area (Å²) in [7, 11) is 0. The van der Waals surface area contributed by atoms with Gasteiger partial charge in [-0.15, -0.1) is 0 Å². The van der Waals surface area contributed by atoms with Crippen LogP contribution in [0.5, 0.6) is 17.2 Å². The van der Waals surface area contributed by atoms with Gasteiger partial charge in [-0.2, -0.15) is 0 Å². The number of carbonyl (C=O) groups excluding carboxylic acids is 3. The van der Waals surface area contributed by atoms with Crippen molar-refractivity contribution in [3.8, 4) is 17.2 Å². The summed E-state index contributed by atoms with van der Waals surface area (Å²) in [6.07, 6.45) is 3.00. The molecule has 2 atom stereocenters. The van der Waals surface area contributed by atoms with Crippen molar-refractivity contribution in [2.45, 2.75) is 44.5 Å². The monoisotopic (exact) mass is 603 g/mol. The molecule has 13 heteroatoms. The molecule has 0 spiro atoms. The molecule has 4 aliphatic rings. The SMILES string of the molecule is O=C1COc2cc(OCC3CC3)cc(c2)C(=O)N[C@H]2CN(C(=O)CCn3ccc(=O)[nH]c3=O)C[C@@H]2Oc2ccc(cc2)CN1. The van der Waals surface area contributed by atoms with E-state index in [-0.39, 0.29) is 50.0 Å². The Morgan fingerprint density at radius 1 is 0.977 bits per heavy atom. The van der Waals surface area contributed by atoms with Gasteiger partial charge in [0.15, 0.2) is 6.61 Å². The minimum absolute atomic E-state index is 0.0147. The van der Waals surface area contributed by atoms with Gasteiger partial charge in [-0.3, -0.25) is 24.2 Å². The Labute approximate surface area is 252 Å². The highest BCUT2D eigenvalue weighted by atomic mass is 16.5. The molecule has 0 radical (unpaired) electrons. The largest absolute Gasteiger partial charge is 0.493 e. The molecule has 0 unspecified atom stereocenters. The van der Waals surface area contributed by atoms with E-state index in [1.807, 2.05) is 12.1 Å². The van der Waals surface area contributed by atoms with Crippen molar-refractivity contribution in [3.63, 3.8) is 0 Å². The molecule has 4 bridgehead atoms. The number of aromatic amines is 1. The molecule has 1 aliphatic carbocycles. The number of nitrogens with one attached hydrogen (secondary N) is 3. The van der Waals surface area contributed by atoms with Crippen LogP contribution in [0.4, 0.5) is 0 Å². The van der Waals surface area contributed by atoms with Crippen LogP contribution in [0.15, 0.2) is 64.3 Å². The number of hydrogen-bond donors (Lipinski definition) is 3. The third-order valence-electron chi connectivity index (χ3n) is 7.79. The van der Waals surface area contributed by atoms with Gasteiger partial charge in [-0.05, 0) is 48.6 Å². The Morgan fingerprint density at radius 2 is 1.80 bits per heavy atom. The van der Waals surface area contributed by atoms with Crippen LogP contribution < -0.4 is 36.1 Å². The predicted molar refractivity (Wildman–Crippen MR) is 157 cm³/mol. The maximum absolute atomic E-state index is 13.6. The zero-order valence-corrected chi connectivity index (χ0v) is 24.0. The van der Waals surface area contributed by atoms with E-state index in [2.05, 4.69) is 15.6 Å². The Kier molecular flexibility index (Phi) is 8.35. The molecule has 2 aromatic carbocycles. The number of H-pyrrole nitrogens is 1. The smallest absolute Gasteiger partial charge is 0.328 e. The lowest BCUT2D eigenvalue weighted by molar-refractivity contribution is -0.130. The first-order chi connectivity index (χ1) is 21.3. The molecule has 13 nitrogen and oxygen atoms in total. The van der Waals surface area contributed by atoms with Gasteiger partial charge in [0.05, 0.1) is 19.2 Å². The standard InChI is InChI=1S/C31H33N5O8/c37-27-7-9-35(31(41)34-27)10-8-29(39)36-15-25-26(16-36)44-22-5-3-19(4-6-22)14-32-28(38)18-43-24-12-21(30(40)33-25)11-23(13-24)42-17-20-1-2-20/h3-7,9,11-13,20,25-26H,1-2,8,10,14-18H2,(H,32,38)(H,33,40)(H,34,37,41)/t25-,26-/m0/s1. The van der Waals surface area contributed by atoms with Crippen LogP contribution in [0.3, 0.4) is 0 Å². The minimum atomic E-state index is -0.590. The second kappa shape index (κ2) is 12.7. The summed E-state index contributed by atoms with van der Waals surface area (Å²) >= 11 is 0. The Balaban J connectivity index is 1.23. The van der Waals surface area contributed by atoms with Crippen molar-refractivity contribution in [1.29, 1.82) is 0 Å². The molecule has 44 heavy (non-hydrogen) atoms.